The van der Waals surface area contributed by atoms with Crippen molar-refractivity contribution in [3.05, 3.63) is 28.6 Å². The Hall–Kier alpha value is -1.96. The molecule has 0 N–H and O–H groups in total. The molecule has 2 aromatic rings. The van der Waals surface area contributed by atoms with Crippen LogP contribution in [0.3, 0.4) is 0 Å². The lowest BCUT2D eigenvalue weighted by Crippen LogP contribution is -2.47. The Morgan fingerprint density at radius 1 is 0.957 bits per heavy atom. The molecule has 8 heteroatoms. The van der Waals surface area contributed by atoms with Gasteiger partial charge in [-0.3, -0.25) is 0 Å². The number of hydrogen-bond donors (Lipinski definition) is 0. The summed E-state index contributed by atoms with van der Waals surface area (Å²) in [6, 6.07) is 2.00. The number of aromatic nitrogens is 4. The predicted octanol–water partition coefficient (Wildman–Crippen LogP) is 1.73. The van der Waals surface area contributed by atoms with Gasteiger partial charge in [-0.15, -0.1) is 0 Å². The Morgan fingerprint density at radius 3 is 2.09 bits per heavy atom. The van der Waals surface area contributed by atoms with Crippen molar-refractivity contribution < 1.29 is 0 Å². The van der Waals surface area contributed by atoms with Gasteiger partial charge in [0, 0.05) is 64.4 Å². The SMILES string of the molecule is Cc1cc(N(C)C)nc(N2CCN(c3ncc(Br)cn3)CC2)n1. The van der Waals surface area contributed by atoms with Crippen molar-refractivity contribution in [2.24, 2.45) is 0 Å². The molecule has 0 radical (unpaired) electrons. The highest BCUT2D eigenvalue weighted by molar-refractivity contribution is 9.10. The number of anilines is 3. The quantitative estimate of drug-likeness (QED) is 0.806. The minimum Gasteiger partial charge on any atom is -0.363 e. The normalized spacial score (nSPS) is 15.0. The molecule has 0 saturated carbocycles. The zero-order valence-corrected chi connectivity index (χ0v) is 15.2. The Kier molecular flexibility index (Phi) is 4.61. The fourth-order valence-corrected chi connectivity index (χ4v) is 2.69. The molecule has 122 valence electrons. The van der Waals surface area contributed by atoms with Gasteiger partial charge in [0.15, 0.2) is 0 Å². The minimum atomic E-state index is 0.770. The standard InChI is InChI=1S/C15H20BrN7/c1-11-8-13(21(2)3)20-15(19-11)23-6-4-22(5-7-23)14-17-9-12(16)10-18-14/h8-10H,4-7H2,1-3H3. The summed E-state index contributed by atoms with van der Waals surface area (Å²) in [4.78, 5) is 24.4. The maximum atomic E-state index is 4.65. The molecule has 0 bridgehead atoms. The van der Waals surface area contributed by atoms with Crippen LogP contribution in [0.4, 0.5) is 17.7 Å². The molecule has 23 heavy (non-hydrogen) atoms. The predicted molar refractivity (Wildman–Crippen MR) is 95.3 cm³/mol. The molecule has 0 aromatic carbocycles. The van der Waals surface area contributed by atoms with Gasteiger partial charge in [-0.05, 0) is 22.9 Å². The van der Waals surface area contributed by atoms with E-state index in [0.29, 0.717) is 0 Å². The van der Waals surface area contributed by atoms with Crippen LogP contribution in [0.25, 0.3) is 0 Å². The van der Waals surface area contributed by atoms with E-state index in [9.17, 15) is 0 Å². The van der Waals surface area contributed by atoms with Gasteiger partial charge in [0.25, 0.3) is 0 Å². The highest BCUT2D eigenvalue weighted by Crippen LogP contribution is 2.19. The van der Waals surface area contributed by atoms with Crippen LogP contribution < -0.4 is 14.7 Å². The number of halogens is 1. The maximum Gasteiger partial charge on any atom is 0.227 e. The lowest BCUT2D eigenvalue weighted by Gasteiger charge is -2.35. The lowest BCUT2D eigenvalue weighted by atomic mass is 10.3. The fraction of sp³-hybridized carbons (Fsp3) is 0.467. The zero-order valence-electron chi connectivity index (χ0n) is 13.6. The highest BCUT2D eigenvalue weighted by Gasteiger charge is 2.21. The first-order valence-electron chi connectivity index (χ1n) is 7.53. The van der Waals surface area contributed by atoms with Gasteiger partial charge in [0.05, 0.1) is 4.47 Å². The average molecular weight is 378 g/mol. The summed E-state index contributed by atoms with van der Waals surface area (Å²) >= 11 is 3.36. The van der Waals surface area contributed by atoms with E-state index in [1.165, 1.54) is 0 Å². The van der Waals surface area contributed by atoms with E-state index >= 15 is 0 Å². The first kappa shape index (κ1) is 15.9. The van der Waals surface area contributed by atoms with E-state index in [1.54, 1.807) is 12.4 Å². The maximum absolute atomic E-state index is 4.65. The number of nitrogens with zero attached hydrogens (tertiary/aromatic N) is 7. The van der Waals surface area contributed by atoms with Crippen LogP contribution in [-0.2, 0) is 0 Å². The molecule has 0 spiro atoms. The van der Waals surface area contributed by atoms with E-state index in [2.05, 4.69) is 45.7 Å². The second kappa shape index (κ2) is 6.66. The number of rotatable bonds is 3. The summed E-state index contributed by atoms with van der Waals surface area (Å²) in [5, 5.41) is 0. The van der Waals surface area contributed by atoms with E-state index in [1.807, 2.05) is 32.0 Å². The topological polar surface area (TPSA) is 61.3 Å². The molecule has 3 rings (SSSR count). The van der Waals surface area contributed by atoms with Crippen molar-refractivity contribution in [2.75, 3.05) is 55.0 Å². The third-order valence-electron chi connectivity index (χ3n) is 3.74. The van der Waals surface area contributed by atoms with Crippen molar-refractivity contribution in [1.29, 1.82) is 0 Å². The number of aryl methyl sites for hydroxylation is 1. The molecule has 0 unspecified atom stereocenters. The summed E-state index contributed by atoms with van der Waals surface area (Å²) in [5.41, 5.74) is 0.984. The lowest BCUT2D eigenvalue weighted by molar-refractivity contribution is 0.627. The van der Waals surface area contributed by atoms with Crippen LogP contribution >= 0.6 is 15.9 Å². The molecular weight excluding hydrogens is 358 g/mol. The molecule has 1 aliphatic heterocycles. The largest absolute Gasteiger partial charge is 0.363 e. The van der Waals surface area contributed by atoms with Crippen molar-refractivity contribution >= 4 is 33.6 Å². The fourth-order valence-electron chi connectivity index (χ4n) is 2.48. The summed E-state index contributed by atoms with van der Waals surface area (Å²) in [5.74, 6) is 2.50. The molecule has 1 saturated heterocycles. The van der Waals surface area contributed by atoms with Gasteiger partial charge in [-0.1, -0.05) is 0 Å². The van der Waals surface area contributed by atoms with Gasteiger partial charge in [0.2, 0.25) is 11.9 Å². The van der Waals surface area contributed by atoms with E-state index in [0.717, 1.165) is 54.1 Å². The van der Waals surface area contributed by atoms with Crippen LogP contribution in [0.1, 0.15) is 5.69 Å². The Balaban J connectivity index is 1.70. The molecule has 7 nitrogen and oxygen atoms in total. The van der Waals surface area contributed by atoms with Gasteiger partial charge < -0.3 is 14.7 Å². The second-order valence-corrected chi connectivity index (χ2v) is 6.65. The Labute approximate surface area is 144 Å². The van der Waals surface area contributed by atoms with E-state index < -0.39 is 0 Å². The smallest absolute Gasteiger partial charge is 0.227 e. The Morgan fingerprint density at radius 2 is 1.52 bits per heavy atom. The molecule has 0 amide bonds. The van der Waals surface area contributed by atoms with Gasteiger partial charge in [-0.25, -0.2) is 15.0 Å². The monoisotopic (exact) mass is 377 g/mol. The van der Waals surface area contributed by atoms with Crippen molar-refractivity contribution in [3.8, 4) is 0 Å². The van der Waals surface area contributed by atoms with E-state index in [-0.39, 0.29) is 0 Å². The first-order valence-corrected chi connectivity index (χ1v) is 8.32. The minimum absolute atomic E-state index is 0.770. The summed E-state index contributed by atoms with van der Waals surface area (Å²) in [6.45, 7) is 5.43. The van der Waals surface area contributed by atoms with E-state index in [4.69, 9.17) is 0 Å². The van der Waals surface area contributed by atoms with Crippen LogP contribution in [0, 0.1) is 6.92 Å². The molecule has 1 aliphatic rings. The molecule has 3 heterocycles. The third kappa shape index (κ3) is 3.69. The molecule has 0 aliphatic carbocycles. The molecule has 1 fully saturated rings. The zero-order chi connectivity index (χ0) is 16.4. The van der Waals surface area contributed by atoms with Crippen LogP contribution in [0.5, 0.6) is 0 Å². The Bertz CT molecular complexity index is 666. The van der Waals surface area contributed by atoms with Crippen molar-refractivity contribution in [3.63, 3.8) is 0 Å². The van der Waals surface area contributed by atoms with Gasteiger partial charge in [0.1, 0.15) is 5.82 Å². The summed E-state index contributed by atoms with van der Waals surface area (Å²) in [6.07, 6.45) is 3.56. The van der Waals surface area contributed by atoms with Gasteiger partial charge in [-0.2, -0.15) is 4.98 Å². The molecule has 2 aromatic heterocycles. The van der Waals surface area contributed by atoms with Crippen molar-refractivity contribution in [2.45, 2.75) is 6.92 Å². The molecular formula is C15H20BrN7. The number of hydrogen-bond acceptors (Lipinski definition) is 7. The van der Waals surface area contributed by atoms with Crippen LogP contribution in [-0.4, -0.2) is 60.2 Å². The number of piperazine rings is 1. The average Bonchev–Trinajstić information content (AvgIpc) is 2.55. The van der Waals surface area contributed by atoms with Crippen molar-refractivity contribution in [1.82, 2.24) is 19.9 Å². The third-order valence-corrected chi connectivity index (χ3v) is 4.15. The van der Waals surface area contributed by atoms with Crippen LogP contribution in [0.2, 0.25) is 0 Å². The second-order valence-electron chi connectivity index (χ2n) is 5.74. The molecule has 0 atom stereocenters. The summed E-state index contributed by atoms with van der Waals surface area (Å²) < 4.78 is 0.893. The van der Waals surface area contributed by atoms with Gasteiger partial charge >= 0.3 is 0 Å². The first-order chi connectivity index (χ1) is 11.0. The van der Waals surface area contributed by atoms with Crippen LogP contribution in [0.15, 0.2) is 22.9 Å². The highest BCUT2D eigenvalue weighted by atomic mass is 79.9. The summed E-state index contributed by atoms with van der Waals surface area (Å²) in [7, 11) is 3.99.